The monoisotopic (exact) mass is 268 g/mol. The van der Waals surface area contributed by atoms with E-state index in [1.165, 1.54) is 0 Å². The van der Waals surface area contributed by atoms with Crippen LogP contribution in [0, 0.1) is 0 Å². The Hall–Kier alpha value is -1.10. The standard InChI is InChI=1S/C14H24N2O3/c1-10(9-19-3)16-12(17)11(2)15-13(18)14(16)7-5-4-6-8-14/h10-11H,4-9H2,1-3H3,(H,15,18). The van der Waals surface area contributed by atoms with Gasteiger partial charge in [-0.3, -0.25) is 9.59 Å². The van der Waals surface area contributed by atoms with Crippen molar-refractivity contribution >= 4 is 11.8 Å². The molecule has 2 rings (SSSR count). The molecule has 1 aliphatic heterocycles. The molecule has 5 nitrogen and oxygen atoms in total. The summed E-state index contributed by atoms with van der Waals surface area (Å²) in [4.78, 5) is 26.8. The van der Waals surface area contributed by atoms with Crippen LogP contribution in [0.5, 0.6) is 0 Å². The SMILES string of the molecule is COCC(C)N1C(=O)C(C)NC(=O)C12CCCCC2. The maximum absolute atomic E-state index is 12.5. The molecule has 19 heavy (non-hydrogen) atoms. The van der Waals surface area contributed by atoms with Crippen LogP contribution in [0.4, 0.5) is 0 Å². The van der Waals surface area contributed by atoms with E-state index >= 15 is 0 Å². The van der Waals surface area contributed by atoms with Crippen molar-refractivity contribution in [2.24, 2.45) is 0 Å². The average Bonchev–Trinajstić information content (AvgIpc) is 2.38. The second kappa shape index (κ2) is 5.49. The van der Waals surface area contributed by atoms with Crippen LogP contribution in [-0.4, -0.2) is 48.1 Å². The van der Waals surface area contributed by atoms with Crippen molar-refractivity contribution in [3.05, 3.63) is 0 Å². The van der Waals surface area contributed by atoms with E-state index in [4.69, 9.17) is 4.74 Å². The van der Waals surface area contributed by atoms with Crippen LogP contribution in [0.3, 0.4) is 0 Å². The summed E-state index contributed by atoms with van der Waals surface area (Å²) in [6.45, 7) is 4.18. The smallest absolute Gasteiger partial charge is 0.246 e. The first-order valence-electron chi connectivity index (χ1n) is 7.16. The second-order valence-electron chi connectivity index (χ2n) is 5.80. The van der Waals surface area contributed by atoms with Crippen LogP contribution in [0.15, 0.2) is 0 Å². The Balaban J connectivity index is 2.34. The number of hydrogen-bond acceptors (Lipinski definition) is 3. The minimum absolute atomic E-state index is 0.0160. The lowest BCUT2D eigenvalue weighted by atomic mass is 9.77. The number of carbonyl (C=O) groups is 2. The third-order valence-electron chi connectivity index (χ3n) is 4.37. The summed E-state index contributed by atoms with van der Waals surface area (Å²) in [6, 6.07) is -0.497. The van der Waals surface area contributed by atoms with Gasteiger partial charge in [0.05, 0.1) is 12.6 Å². The molecule has 1 N–H and O–H groups in total. The van der Waals surface area contributed by atoms with E-state index in [0.717, 1.165) is 32.1 Å². The molecule has 108 valence electrons. The molecular formula is C14H24N2O3. The molecule has 1 heterocycles. The summed E-state index contributed by atoms with van der Waals surface area (Å²) < 4.78 is 5.18. The zero-order chi connectivity index (χ0) is 14.0. The Morgan fingerprint density at radius 3 is 2.58 bits per heavy atom. The van der Waals surface area contributed by atoms with E-state index in [1.807, 2.05) is 6.92 Å². The fourth-order valence-electron chi connectivity index (χ4n) is 3.48. The number of amides is 2. The van der Waals surface area contributed by atoms with Gasteiger partial charge >= 0.3 is 0 Å². The summed E-state index contributed by atoms with van der Waals surface area (Å²) >= 11 is 0. The van der Waals surface area contributed by atoms with Gasteiger partial charge in [-0.1, -0.05) is 19.3 Å². The Bertz CT molecular complexity index is 364. The van der Waals surface area contributed by atoms with Gasteiger partial charge in [0, 0.05) is 7.11 Å². The van der Waals surface area contributed by atoms with Crippen LogP contribution in [0.2, 0.25) is 0 Å². The summed E-state index contributed by atoms with van der Waals surface area (Å²) in [6.07, 6.45) is 4.69. The number of methoxy groups -OCH3 is 1. The van der Waals surface area contributed by atoms with Crippen molar-refractivity contribution in [3.63, 3.8) is 0 Å². The lowest BCUT2D eigenvalue weighted by Gasteiger charge is -2.51. The van der Waals surface area contributed by atoms with Crippen molar-refractivity contribution in [2.75, 3.05) is 13.7 Å². The van der Waals surface area contributed by atoms with E-state index in [-0.39, 0.29) is 17.9 Å². The van der Waals surface area contributed by atoms with Crippen molar-refractivity contribution in [1.82, 2.24) is 10.2 Å². The third-order valence-corrected chi connectivity index (χ3v) is 4.37. The fourth-order valence-corrected chi connectivity index (χ4v) is 3.48. The van der Waals surface area contributed by atoms with Gasteiger partial charge in [-0.2, -0.15) is 0 Å². The Morgan fingerprint density at radius 1 is 1.37 bits per heavy atom. The first kappa shape index (κ1) is 14.3. The van der Waals surface area contributed by atoms with Crippen LogP contribution in [-0.2, 0) is 14.3 Å². The lowest BCUT2D eigenvalue weighted by molar-refractivity contribution is -0.164. The molecular weight excluding hydrogens is 244 g/mol. The van der Waals surface area contributed by atoms with Crippen LogP contribution < -0.4 is 5.32 Å². The minimum atomic E-state index is -0.639. The van der Waals surface area contributed by atoms with E-state index in [2.05, 4.69) is 5.32 Å². The highest BCUT2D eigenvalue weighted by atomic mass is 16.5. The molecule has 5 heteroatoms. The zero-order valence-corrected chi connectivity index (χ0v) is 12.1. The number of hydrogen-bond donors (Lipinski definition) is 1. The molecule has 0 aromatic carbocycles. The number of piperazine rings is 1. The quantitative estimate of drug-likeness (QED) is 0.833. The van der Waals surface area contributed by atoms with Crippen LogP contribution in [0.1, 0.15) is 46.0 Å². The second-order valence-corrected chi connectivity index (χ2v) is 5.80. The number of carbonyl (C=O) groups excluding carboxylic acids is 2. The number of nitrogens with zero attached hydrogens (tertiary/aromatic N) is 1. The lowest BCUT2D eigenvalue weighted by Crippen LogP contribution is -2.72. The molecule has 2 atom stereocenters. The molecule has 1 aliphatic carbocycles. The molecule has 0 aromatic heterocycles. The number of rotatable bonds is 3. The molecule has 2 aliphatic rings. The van der Waals surface area contributed by atoms with Gasteiger partial charge in [-0.15, -0.1) is 0 Å². The van der Waals surface area contributed by atoms with Crippen molar-refractivity contribution < 1.29 is 14.3 Å². The Kier molecular flexibility index (Phi) is 4.13. The zero-order valence-electron chi connectivity index (χ0n) is 12.1. The van der Waals surface area contributed by atoms with E-state index in [0.29, 0.717) is 6.61 Å². The van der Waals surface area contributed by atoms with E-state index in [9.17, 15) is 9.59 Å². The van der Waals surface area contributed by atoms with E-state index < -0.39 is 11.6 Å². The highest BCUT2D eigenvalue weighted by Gasteiger charge is 2.53. The molecule has 1 saturated heterocycles. The molecule has 2 amide bonds. The maximum atomic E-state index is 12.5. The maximum Gasteiger partial charge on any atom is 0.246 e. The average molecular weight is 268 g/mol. The van der Waals surface area contributed by atoms with Gasteiger partial charge in [0.25, 0.3) is 0 Å². The normalized spacial score (nSPS) is 28.4. The fraction of sp³-hybridized carbons (Fsp3) is 0.857. The molecule has 2 unspecified atom stereocenters. The predicted molar refractivity (Wildman–Crippen MR) is 71.6 cm³/mol. The summed E-state index contributed by atoms with van der Waals surface area (Å²) in [7, 11) is 1.63. The van der Waals surface area contributed by atoms with Crippen molar-refractivity contribution in [2.45, 2.75) is 63.6 Å². The van der Waals surface area contributed by atoms with Crippen LogP contribution in [0.25, 0.3) is 0 Å². The van der Waals surface area contributed by atoms with Crippen molar-refractivity contribution in [3.8, 4) is 0 Å². The van der Waals surface area contributed by atoms with Crippen LogP contribution >= 0.6 is 0 Å². The predicted octanol–water partition coefficient (Wildman–Crippen LogP) is 1.07. The van der Waals surface area contributed by atoms with Gasteiger partial charge in [0.2, 0.25) is 11.8 Å². The molecule has 1 saturated carbocycles. The van der Waals surface area contributed by atoms with E-state index in [1.54, 1.807) is 18.9 Å². The Labute approximate surface area is 114 Å². The molecule has 0 aromatic rings. The van der Waals surface area contributed by atoms with Gasteiger partial charge in [0.1, 0.15) is 11.6 Å². The van der Waals surface area contributed by atoms with Gasteiger partial charge in [-0.25, -0.2) is 0 Å². The number of nitrogens with one attached hydrogen (secondary N) is 1. The van der Waals surface area contributed by atoms with Gasteiger partial charge in [-0.05, 0) is 26.7 Å². The third kappa shape index (κ3) is 2.36. The molecule has 1 spiro atoms. The summed E-state index contributed by atoms with van der Waals surface area (Å²) in [5.41, 5.74) is -0.639. The summed E-state index contributed by atoms with van der Waals surface area (Å²) in [5, 5.41) is 2.85. The summed E-state index contributed by atoms with van der Waals surface area (Å²) in [5.74, 6) is 0.0355. The van der Waals surface area contributed by atoms with Crippen molar-refractivity contribution in [1.29, 1.82) is 0 Å². The van der Waals surface area contributed by atoms with Gasteiger partial charge < -0.3 is 15.0 Å². The topological polar surface area (TPSA) is 58.6 Å². The van der Waals surface area contributed by atoms with Gasteiger partial charge in [0.15, 0.2) is 0 Å². The first-order valence-corrected chi connectivity index (χ1v) is 7.16. The number of ether oxygens (including phenoxy) is 1. The minimum Gasteiger partial charge on any atom is -0.383 e. The molecule has 2 fully saturated rings. The highest BCUT2D eigenvalue weighted by molar-refractivity contribution is 5.99. The molecule has 0 radical (unpaired) electrons. The Morgan fingerprint density at radius 2 is 2.00 bits per heavy atom. The first-order chi connectivity index (χ1) is 9.03. The highest BCUT2D eigenvalue weighted by Crippen LogP contribution is 2.37. The largest absolute Gasteiger partial charge is 0.383 e. The molecule has 0 bridgehead atoms.